The number of allylic oxidation sites excluding steroid dienone is 1. The van der Waals surface area contributed by atoms with E-state index in [0.29, 0.717) is 6.04 Å². The highest BCUT2D eigenvalue weighted by Crippen LogP contribution is 2.18. The minimum absolute atomic E-state index is 0.367. The first-order valence-electron chi connectivity index (χ1n) is 7.21. The van der Waals surface area contributed by atoms with Crippen LogP contribution in [0.3, 0.4) is 0 Å². The molecule has 1 atom stereocenters. The molecule has 0 radical (unpaired) electrons. The van der Waals surface area contributed by atoms with Gasteiger partial charge in [0.2, 0.25) is 0 Å². The van der Waals surface area contributed by atoms with E-state index in [1.54, 1.807) is 0 Å². The zero-order valence-electron chi connectivity index (χ0n) is 12.3. The fourth-order valence-electron chi connectivity index (χ4n) is 2.21. The van der Waals surface area contributed by atoms with Crippen molar-refractivity contribution in [3.8, 4) is 0 Å². The molecule has 2 rings (SSSR count). The van der Waals surface area contributed by atoms with Crippen LogP contribution < -0.4 is 5.32 Å². The van der Waals surface area contributed by atoms with E-state index in [9.17, 15) is 0 Å². The zero-order chi connectivity index (χ0) is 14.2. The summed E-state index contributed by atoms with van der Waals surface area (Å²) < 4.78 is 0. The van der Waals surface area contributed by atoms with E-state index in [4.69, 9.17) is 0 Å². The Morgan fingerprint density at radius 1 is 0.950 bits per heavy atom. The van der Waals surface area contributed by atoms with E-state index in [1.807, 2.05) is 0 Å². The summed E-state index contributed by atoms with van der Waals surface area (Å²) in [6.45, 7) is 5.20. The molecule has 1 heteroatoms. The van der Waals surface area contributed by atoms with Crippen molar-refractivity contribution in [3.05, 3.63) is 83.4 Å². The van der Waals surface area contributed by atoms with Gasteiger partial charge in [-0.2, -0.15) is 0 Å². The van der Waals surface area contributed by atoms with Crippen molar-refractivity contribution < 1.29 is 0 Å². The largest absolute Gasteiger partial charge is 0.306 e. The first-order valence-corrected chi connectivity index (χ1v) is 7.21. The minimum Gasteiger partial charge on any atom is -0.306 e. The number of rotatable bonds is 6. The van der Waals surface area contributed by atoms with Crippen molar-refractivity contribution in [1.29, 1.82) is 0 Å². The number of hydrogen-bond donors (Lipinski definition) is 1. The molecule has 0 aliphatic rings. The van der Waals surface area contributed by atoms with Crippen molar-refractivity contribution in [1.82, 2.24) is 5.32 Å². The molecular weight excluding hydrogens is 242 g/mol. The highest BCUT2D eigenvalue weighted by Gasteiger charge is 2.08. The monoisotopic (exact) mass is 265 g/mol. The molecule has 2 aromatic rings. The lowest BCUT2D eigenvalue weighted by molar-refractivity contribution is 0.537. The van der Waals surface area contributed by atoms with Crippen LogP contribution in [-0.4, -0.2) is 0 Å². The Bertz CT molecular complexity index is 524. The molecule has 1 N–H and O–H groups in total. The molecule has 0 fully saturated rings. The Morgan fingerprint density at radius 3 is 2.15 bits per heavy atom. The van der Waals surface area contributed by atoms with Gasteiger partial charge in [-0.1, -0.05) is 72.3 Å². The standard InChI is InChI=1S/C19H23N/c1-16(2)13-14-19(18-11-7-4-8-12-18)20-15-17-9-5-3-6-10-17/h3-13,19-20H,14-15H2,1-2H3. The summed E-state index contributed by atoms with van der Waals surface area (Å²) in [5, 5.41) is 3.66. The molecule has 0 heterocycles. The second-order valence-corrected chi connectivity index (χ2v) is 5.35. The third-order valence-corrected chi connectivity index (χ3v) is 3.36. The quantitative estimate of drug-likeness (QED) is 0.734. The van der Waals surface area contributed by atoms with Gasteiger partial charge in [-0.05, 0) is 31.4 Å². The third-order valence-electron chi connectivity index (χ3n) is 3.36. The first-order chi connectivity index (χ1) is 9.75. The van der Waals surface area contributed by atoms with Crippen molar-refractivity contribution in [2.45, 2.75) is 32.9 Å². The van der Waals surface area contributed by atoms with Crippen molar-refractivity contribution in [2.75, 3.05) is 0 Å². The summed E-state index contributed by atoms with van der Waals surface area (Å²) in [5.41, 5.74) is 4.04. The lowest BCUT2D eigenvalue weighted by Crippen LogP contribution is -2.20. The molecule has 20 heavy (non-hydrogen) atoms. The summed E-state index contributed by atoms with van der Waals surface area (Å²) in [7, 11) is 0. The van der Waals surface area contributed by atoms with Gasteiger partial charge in [0.15, 0.2) is 0 Å². The summed E-state index contributed by atoms with van der Waals surface area (Å²) in [5.74, 6) is 0. The van der Waals surface area contributed by atoms with Gasteiger partial charge >= 0.3 is 0 Å². The van der Waals surface area contributed by atoms with Gasteiger partial charge in [-0.25, -0.2) is 0 Å². The Kier molecular flexibility index (Phi) is 5.57. The molecule has 0 aliphatic heterocycles. The predicted molar refractivity (Wildman–Crippen MR) is 86.5 cm³/mol. The number of hydrogen-bond acceptors (Lipinski definition) is 1. The highest BCUT2D eigenvalue weighted by atomic mass is 14.9. The SMILES string of the molecule is CC(C)=CCC(NCc1ccccc1)c1ccccc1. The van der Waals surface area contributed by atoms with E-state index in [-0.39, 0.29) is 0 Å². The average molecular weight is 265 g/mol. The molecule has 0 amide bonds. The fourth-order valence-corrected chi connectivity index (χ4v) is 2.21. The molecule has 2 aromatic carbocycles. The molecule has 0 aliphatic carbocycles. The molecular formula is C19H23N. The van der Waals surface area contributed by atoms with E-state index in [0.717, 1.165) is 13.0 Å². The number of nitrogens with one attached hydrogen (secondary N) is 1. The smallest absolute Gasteiger partial charge is 0.0357 e. The summed E-state index contributed by atoms with van der Waals surface area (Å²) in [4.78, 5) is 0. The summed E-state index contributed by atoms with van der Waals surface area (Å²) in [6.07, 6.45) is 3.33. The van der Waals surface area contributed by atoms with Crippen LogP contribution in [0, 0.1) is 0 Å². The van der Waals surface area contributed by atoms with Crippen LogP contribution in [0.2, 0.25) is 0 Å². The van der Waals surface area contributed by atoms with Gasteiger partial charge in [0, 0.05) is 12.6 Å². The van der Waals surface area contributed by atoms with Gasteiger partial charge in [0.1, 0.15) is 0 Å². The van der Waals surface area contributed by atoms with Gasteiger partial charge in [0.25, 0.3) is 0 Å². The van der Waals surface area contributed by atoms with E-state index < -0.39 is 0 Å². The van der Waals surface area contributed by atoms with Crippen molar-refractivity contribution in [2.24, 2.45) is 0 Å². The molecule has 0 spiro atoms. The van der Waals surface area contributed by atoms with Crippen LogP contribution in [0.1, 0.15) is 37.4 Å². The van der Waals surface area contributed by atoms with Crippen LogP contribution in [0.25, 0.3) is 0 Å². The van der Waals surface area contributed by atoms with E-state index in [1.165, 1.54) is 16.7 Å². The molecule has 0 saturated heterocycles. The van der Waals surface area contributed by atoms with Gasteiger partial charge in [-0.3, -0.25) is 0 Å². The predicted octanol–water partition coefficient (Wildman–Crippen LogP) is 4.87. The molecule has 104 valence electrons. The van der Waals surface area contributed by atoms with Gasteiger partial charge in [0.05, 0.1) is 0 Å². The average Bonchev–Trinajstić information content (AvgIpc) is 2.49. The van der Waals surface area contributed by atoms with Crippen LogP contribution in [0.15, 0.2) is 72.3 Å². The fraction of sp³-hybridized carbons (Fsp3) is 0.263. The molecule has 0 bridgehead atoms. The second-order valence-electron chi connectivity index (χ2n) is 5.35. The van der Waals surface area contributed by atoms with Gasteiger partial charge < -0.3 is 5.32 Å². The third kappa shape index (κ3) is 4.67. The van der Waals surface area contributed by atoms with Crippen LogP contribution >= 0.6 is 0 Å². The lowest BCUT2D eigenvalue weighted by Gasteiger charge is -2.18. The summed E-state index contributed by atoms with van der Waals surface area (Å²) >= 11 is 0. The summed E-state index contributed by atoms with van der Waals surface area (Å²) in [6, 6.07) is 21.6. The molecule has 0 aromatic heterocycles. The van der Waals surface area contributed by atoms with Crippen LogP contribution in [0.4, 0.5) is 0 Å². The number of benzene rings is 2. The van der Waals surface area contributed by atoms with Crippen LogP contribution in [0.5, 0.6) is 0 Å². The van der Waals surface area contributed by atoms with E-state index in [2.05, 4.69) is 85.9 Å². The minimum atomic E-state index is 0.367. The van der Waals surface area contributed by atoms with Gasteiger partial charge in [-0.15, -0.1) is 0 Å². The maximum atomic E-state index is 3.66. The maximum Gasteiger partial charge on any atom is 0.0357 e. The zero-order valence-corrected chi connectivity index (χ0v) is 12.3. The lowest BCUT2D eigenvalue weighted by atomic mass is 10.0. The second kappa shape index (κ2) is 7.66. The Balaban J connectivity index is 2.05. The molecule has 1 nitrogen and oxygen atoms in total. The highest BCUT2D eigenvalue weighted by molar-refractivity contribution is 5.21. The van der Waals surface area contributed by atoms with E-state index >= 15 is 0 Å². The Morgan fingerprint density at radius 2 is 1.55 bits per heavy atom. The molecule has 1 unspecified atom stereocenters. The maximum absolute atomic E-state index is 3.66. The van der Waals surface area contributed by atoms with Crippen LogP contribution in [-0.2, 0) is 6.54 Å². The Labute approximate surface area is 122 Å². The van der Waals surface area contributed by atoms with Crippen molar-refractivity contribution in [3.63, 3.8) is 0 Å². The Hall–Kier alpha value is -1.86. The van der Waals surface area contributed by atoms with Crippen molar-refractivity contribution >= 4 is 0 Å². The first kappa shape index (κ1) is 14.5. The topological polar surface area (TPSA) is 12.0 Å². The normalized spacial score (nSPS) is 11.9. The molecule has 0 saturated carbocycles.